The third-order valence-electron chi connectivity index (χ3n) is 9.10. The Balaban J connectivity index is 1.55. The van der Waals surface area contributed by atoms with E-state index in [1.54, 1.807) is 7.11 Å². The number of nitrogens with zero attached hydrogens (tertiary/aromatic N) is 3. The zero-order valence-corrected chi connectivity index (χ0v) is 27.8. The number of rotatable bonds is 8. The number of aliphatic carboxylic acids is 1. The Bertz CT molecular complexity index is 1510. The monoisotopic (exact) mass is 599 g/mol. The average Bonchev–Trinajstić information content (AvgIpc) is 2.95. The number of carbonyl (C=O) groups is 1. The maximum absolute atomic E-state index is 12.8. The van der Waals surface area contributed by atoms with E-state index in [0.29, 0.717) is 11.3 Å². The lowest BCUT2D eigenvalue weighted by atomic mass is 9.81. The molecule has 2 aliphatic heterocycles. The van der Waals surface area contributed by atoms with Crippen LogP contribution in [0.1, 0.15) is 87.2 Å². The highest BCUT2D eigenvalue weighted by molar-refractivity contribution is 5.88. The van der Waals surface area contributed by atoms with Crippen LogP contribution in [0.3, 0.4) is 0 Å². The van der Waals surface area contributed by atoms with Gasteiger partial charge in [-0.3, -0.25) is 9.88 Å². The fraction of sp³-hybridized carbons (Fsp3) is 0.514. The van der Waals surface area contributed by atoms with Gasteiger partial charge in [0.2, 0.25) is 0 Å². The molecule has 2 aromatic carbocycles. The highest BCUT2D eigenvalue weighted by atomic mass is 16.5. The van der Waals surface area contributed by atoms with Crippen molar-refractivity contribution in [1.82, 2.24) is 9.88 Å². The molecule has 1 N–H and O–H groups in total. The normalized spacial score (nSPS) is 17.7. The molecule has 44 heavy (non-hydrogen) atoms. The van der Waals surface area contributed by atoms with Crippen LogP contribution >= 0.6 is 0 Å². The van der Waals surface area contributed by atoms with Crippen LogP contribution in [0.5, 0.6) is 5.75 Å². The Morgan fingerprint density at radius 2 is 1.75 bits per heavy atom. The summed E-state index contributed by atoms with van der Waals surface area (Å²) in [5.41, 5.74) is 8.95. The standard InChI is InChI=1S/C37H49N3O4/c1-24-31(28-12-13-29-23-39(17-14-27(29)21-28)22-26-10-9-11-30(20-26)43-8)33(40-18-15-37(6,7)16-19-40)32(25(2)38-24)34(35(41)42)44-36(3,4)5/h9-13,20-21,34H,14-19,22-23H2,1-8H3,(H,41,42)/t34-/m0/s1. The Morgan fingerprint density at radius 3 is 2.41 bits per heavy atom. The third-order valence-corrected chi connectivity index (χ3v) is 9.10. The molecule has 2 aliphatic rings. The first-order valence-electron chi connectivity index (χ1n) is 15.9. The number of aryl methyl sites for hydroxylation is 2. The number of pyridine rings is 1. The number of anilines is 1. The summed E-state index contributed by atoms with van der Waals surface area (Å²) in [5.74, 6) is -0.100. The van der Waals surface area contributed by atoms with Crippen molar-refractivity contribution in [3.05, 3.63) is 76.1 Å². The van der Waals surface area contributed by atoms with Crippen LogP contribution in [-0.4, -0.2) is 53.3 Å². The summed E-state index contributed by atoms with van der Waals surface area (Å²) in [7, 11) is 1.71. The van der Waals surface area contributed by atoms with Gasteiger partial charge in [0.05, 0.1) is 18.4 Å². The molecule has 0 unspecified atom stereocenters. The number of carboxylic acid groups (broad SMARTS) is 1. The number of aromatic nitrogens is 1. The van der Waals surface area contributed by atoms with E-state index in [0.717, 1.165) is 80.2 Å². The smallest absolute Gasteiger partial charge is 0.337 e. The van der Waals surface area contributed by atoms with Crippen molar-refractivity contribution in [2.45, 2.75) is 92.5 Å². The summed E-state index contributed by atoms with van der Waals surface area (Å²) in [6, 6.07) is 15.1. The second-order valence-electron chi connectivity index (χ2n) is 14.3. The molecule has 0 saturated carbocycles. The van der Waals surface area contributed by atoms with E-state index < -0.39 is 17.7 Å². The van der Waals surface area contributed by atoms with Crippen molar-refractivity contribution in [1.29, 1.82) is 0 Å². The number of ether oxygens (including phenoxy) is 2. The lowest BCUT2D eigenvalue weighted by molar-refractivity contribution is -0.160. The molecule has 7 heteroatoms. The van der Waals surface area contributed by atoms with Crippen LogP contribution < -0.4 is 9.64 Å². The van der Waals surface area contributed by atoms with Crippen LogP contribution in [0.4, 0.5) is 5.69 Å². The van der Waals surface area contributed by atoms with Gasteiger partial charge < -0.3 is 19.5 Å². The zero-order chi connectivity index (χ0) is 31.8. The van der Waals surface area contributed by atoms with E-state index in [4.69, 9.17) is 14.5 Å². The van der Waals surface area contributed by atoms with Gasteiger partial charge in [-0.05, 0) is 93.7 Å². The van der Waals surface area contributed by atoms with Gasteiger partial charge in [0, 0.05) is 55.2 Å². The van der Waals surface area contributed by atoms with Crippen LogP contribution in [0.2, 0.25) is 0 Å². The van der Waals surface area contributed by atoms with Crippen molar-refractivity contribution >= 4 is 11.7 Å². The van der Waals surface area contributed by atoms with Gasteiger partial charge in [0.15, 0.2) is 6.10 Å². The number of hydrogen-bond acceptors (Lipinski definition) is 6. The highest BCUT2D eigenvalue weighted by Crippen LogP contribution is 2.45. The topological polar surface area (TPSA) is 75.1 Å². The molecular weight excluding hydrogens is 550 g/mol. The van der Waals surface area contributed by atoms with Crippen molar-refractivity contribution in [2.24, 2.45) is 5.41 Å². The molecule has 0 spiro atoms. The molecule has 236 valence electrons. The van der Waals surface area contributed by atoms with E-state index in [-0.39, 0.29) is 5.41 Å². The molecule has 5 rings (SSSR count). The summed E-state index contributed by atoms with van der Waals surface area (Å²) in [4.78, 5) is 22.7. The highest BCUT2D eigenvalue weighted by Gasteiger charge is 2.36. The third kappa shape index (κ3) is 7.10. The van der Waals surface area contributed by atoms with Crippen LogP contribution in [-0.2, 0) is 29.0 Å². The molecule has 1 atom stereocenters. The second-order valence-corrected chi connectivity index (χ2v) is 14.3. The molecule has 0 bridgehead atoms. The molecule has 3 heterocycles. The Kier molecular flexibility index (Phi) is 9.11. The molecule has 1 saturated heterocycles. The number of piperidine rings is 1. The maximum Gasteiger partial charge on any atom is 0.337 e. The minimum atomic E-state index is -1.12. The van der Waals surface area contributed by atoms with Crippen molar-refractivity contribution in [2.75, 3.05) is 31.6 Å². The van der Waals surface area contributed by atoms with E-state index in [2.05, 4.69) is 60.9 Å². The summed E-state index contributed by atoms with van der Waals surface area (Å²) in [5, 5.41) is 10.5. The molecule has 1 aromatic heterocycles. The minimum absolute atomic E-state index is 0.255. The molecule has 3 aromatic rings. The second kappa shape index (κ2) is 12.5. The molecule has 0 aliphatic carbocycles. The van der Waals surface area contributed by atoms with E-state index in [1.807, 2.05) is 39.8 Å². The van der Waals surface area contributed by atoms with Crippen molar-refractivity contribution < 1.29 is 19.4 Å². The SMILES string of the molecule is COc1cccc(CN2CCc3cc(-c4c(C)nc(C)c([C@H](OC(C)(C)C)C(=O)O)c4N4CCC(C)(C)CC4)ccc3C2)c1. The summed E-state index contributed by atoms with van der Waals surface area (Å²) < 4.78 is 11.7. The number of fused-ring (bicyclic) bond motifs is 1. The molecule has 7 nitrogen and oxygen atoms in total. The quantitative estimate of drug-likeness (QED) is 0.287. The Labute approximate surface area is 263 Å². The van der Waals surface area contributed by atoms with E-state index in [9.17, 15) is 9.90 Å². The van der Waals surface area contributed by atoms with Gasteiger partial charge in [0.1, 0.15) is 5.75 Å². The van der Waals surface area contributed by atoms with Gasteiger partial charge in [-0.1, -0.05) is 44.2 Å². The van der Waals surface area contributed by atoms with Gasteiger partial charge in [-0.25, -0.2) is 4.79 Å². The maximum atomic E-state index is 12.8. The first kappa shape index (κ1) is 32.0. The van der Waals surface area contributed by atoms with Crippen molar-refractivity contribution in [3.63, 3.8) is 0 Å². The minimum Gasteiger partial charge on any atom is -0.497 e. The van der Waals surface area contributed by atoms with E-state index in [1.165, 1.54) is 16.7 Å². The molecular formula is C37H49N3O4. The van der Waals surface area contributed by atoms with Crippen molar-refractivity contribution in [3.8, 4) is 16.9 Å². The van der Waals surface area contributed by atoms with Gasteiger partial charge in [0.25, 0.3) is 0 Å². The molecule has 0 radical (unpaired) electrons. The number of benzene rings is 2. The average molecular weight is 600 g/mol. The summed E-state index contributed by atoms with van der Waals surface area (Å²) >= 11 is 0. The Hall–Kier alpha value is -3.42. The number of carboxylic acids is 1. The fourth-order valence-electron chi connectivity index (χ4n) is 6.69. The molecule has 1 fully saturated rings. The predicted molar refractivity (Wildman–Crippen MR) is 176 cm³/mol. The largest absolute Gasteiger partial charge is 0.497 e. The van der Waals surface area contributed by atoms with Gasteiger partial charge in [-0.2, -0.15) is 0 Å². The number of hydrogen-bond donors (Lipinski definition) is 1. The van der Waals surface area contributed by atoms with E-state index >= 15 is 0 Å². The lowest BCUT2D eigenvalue weighted by Gasteiger charge is -2.41. The van der Waals surface area contributed by atoms with Crippen LogP contribution in [0.25, 0.3) is 11.1 Å². The first-order valence-corrected chi connectivity index (χ1v) is 15.9. The zero-order valence-electron chi connectivity index (χ0n) is 27.8. The van der Waals surface area contributed by atoms with Gasteiger partial charge in [-0.15, -0.1) is 0 Å². The lowest BCUT2D eigenvalue weighted by Crippen LogP contribution is -2.39. The van der Waals surface area contributed by atoms with Crippen LogP contribution in [0, 0.1) is 19.3 Å². The number of methoxy groups -OCH3 is 1. The first-order chi connectivity index (χ1) is 20.7. The fourth-order valence-corrected chi connectivity index (χ4v) is 6.69. The molecule has 0 amide bonds. The predicted octanol–water partition coefficient (Wildman–Crippen LogP) is 7.50. The van der Waals surface area contributed by atoms with Crippen LogP contribution in [0.15, 0.2) is 42.5 Å². The summed E-state index contributed by atoms with van der Waals surface area (Å²) in [6.07, 6.45) is 1.92. The Morgan fingerprint density at radius 1 is 1.02 bits per heavy atom. The van der Waals surface area contributed by atoms with Gasteiger partial charge >= 0.3 is 5.97 Å². The summed E-state index contributed by atoms with van der Waals surface area (Å²) in [6.45, 7) is 18.8.